The molecule has 0 aliphatic carbocycles. The molecule has 0 spiro atoms. The number of ether oxygens (including phenoxy) is 3. The van der Waals surface area contributed by atoms with Gasteiger partial charge >= 0.3 is 17.9 Å². The fourth-order valence-corrected chi connectivity index (χ4v) is 7.93. The first kappa shape index (κ1) is 63.8. The first-order valence-electron chi connectivity index (χ1n) is 28.4. The highest BCUT2D eigenvalue weighted by atomic mass is 16.6. The molecule has 0 unspecified atom stereocenters. The Morgan fingerprint density at radius 2 is 0.582 bits per heavy atom. The molecule has 0 aliphatic heterocycles. The highest BCUT2D eigenvalue weighted by Crippen LogP contribution is 2.16. The van der Waals surface area contributed by atoms with Gasteiger partial charge in [-0.2, -0.15) is 0 Å². The van der Waals surface area contributed by atoms with Crippen LogP contribution < -0.4 is 0 Å². The number of unbranched alkanes of at least 4 members (excludes halogenated alkanes) is 28. The van der Waals surface area contributed by atoms with E-state index in [-0.39, 0.29) is 31.1 Å². The molecule has 0 saturated carbocycles. The molecule has 0 aromatic carbocycles. The fourth-order valence-electron chi connectivity index (χ4n) is 7.93. The summed E-state index contributed by atoms with van der Waals surface area (Å²) in [4.78, 5) is 38.1. The van der Waals surface area contributed by atoms with E-state index in [1.807, 2.05) is 0 Å². The SMILES string of the molecule is CC/C=C\C/C=C\C/C=C\CCCCCCCC(=O)O[C@H](COC(=O)CCCC/C=C\C/C=C\C/C=C\CCCCC)COC(=O)CCCCCCCCCCCCCCCCCCCCC. The van der Waals surface area contributed by atoms with Crippen molar-refractivity contribution >= 4 is 17.9 Å². The lowest BCUT2D eigenvalue weighted by atomic mass is 10.0. The lowest BCUT2D eigenvalue weighted by Gasteiger charge is -2.18. The molecule has 0 amide bonds. The summed E-state index contributed by atoms with van der Waals surface area (Å²) in [5.74, 6) is -0.941. The third-order valence-electron chi connectivity index (χ3n) is 12.2. The van der Waals surface area contributed by atoms with Crippen molar-refractivity contribution in [3.63, 3.8) is 0 Å². The minimum Gasteiger partial charge on any atom is -0.462 e. The maximum absolute atomic E-state index is 12.8. The standard InChI is InChI=1S/C61H106O6/c1-4-7-10-13-16-19-22-25-28-29-30-31-34-36-39-42-45-48-51-54-60(63)66-57-58(67-61(64)55-52-49-46-43-40-37-33-27-24-21-18-15-12-9-6-3)56-65-59(62)53-50-47-44-41-38-35-32-26-23-20-17-14-11-8-5-2/h9,12,17-18,20-21,26-27,32-33,38,41,58H,4-8,10-11,13-16,19,22-25,28-31,34-37,39-40,42-57H2,1-3H3/b12-9-,20-17-,21-18-,32-26-,33-27-,41-38-/t58-/m1/s1. The summed E-state index contributed by atoms with van der Waals surface area (Å²) < 4.78 is 16.8. The van der Waals surface area contributed by atoms with Gasteiger partial charge in [-0.3, -0.25) is 14.4 Å². The van der Waals surface area contributed by atoms with Crippen LogP contribution in [0.5, 0.6) is 0 Å². The second kappa shape index (κ2) is 55.4. The van der Waals surface area contributed by atoms with Crippen molar-refractivity contribution in [1.29, 1.82) is 0 Å². The second-order valence-corrected chi connectivity index (χ2v) is 18.8. The first-order valence-corrected chi connectivity index (χ1v) is 28.4. The van der Waals surface area contributed by atoms with E-state index in [4.69, 9.17) is 14.2 Å². The van der Waals surface area contributed by atoms with Crippen molar-refractivity contribution in [2.75, 3.05) is 13.2 Å². The Balaban J connectivity index is 4.41. The predicted octanol–water partition coefficient (Wildman–Crippen LogP) is 19.0. The van der Waals surface area contributed by atoms with Gasteiger partial charge in [0.1, 0.15) is 13.2 Å². The van der Waals surface area contributed by atoms with Gasteiger partial charge in [0.2, 0.25) is 0 Å². The molecule has 0 aromatic heterocycles. The monoisotopic (exact) mass is 935 g/mol. The van der Waals surface area contributed by atoms with Crippen LogP contribution in [0, 0.1) is 0 Å². The van der Waals surface area contributed by atoms with Gasteiger partial charge < -0.3 is 14.2 Å². The Hall–Kier alpha value is -3.15. The normalized spacial score (nSPS) is 12.6. The molecule has 0 aliphatic rings. The second-order valence-electron chi connectivity index (χ2n) is 18.8. The number of rotatable bonds is 51. The molecular weight excluding hydrogens is 829 g/mol. The zero-order valence-corrected chi connectivity index (χ0v) is 44.2. The molecule has 0 saturated heterocycles. The van der Waals surface area contributed by atoms with E-state index in [1.165, 1.54) is 128 Å². The smallest absolute Gasteiger partial charge is 0.306 e. The molecule has 386 valence electrons. The minimum atomic E-state index is -0.799. The van der Waals surface area contributed by atoms with Gasteiger partial charge in [0.25, 0.3) is 0 Å². The van der Waals surface area contributed by atoms with Crippen molar-refractivity contribution in [2.24, 2.45) is 0 Å². The number of hydrogen-bond donors (Lipinski definition) is 0. The number of esters is 3. The topological polar surface area (TPSA) is 78.9 Å². The largest absolute Gasteiger partial charge is 0.462 e. The zero-order chi connectivity index (χ0) is 48.6. The number of hydrogen-bond acceptors (Lipinski definition) is 6. The zero-order valence-electron chi connectivity index (χ0n) is 44.2. The third-order valence-corrected chi connectivity index (χ3v) is 12.2. The molecule has 0 heterocycles. The Labute approximate surface area is 414 Å². The van der Waals surface area contributed by atoms with Crippen LogP contribution in [0.2, 0.25) is 0 Å². The van der Waals surface area contributed by atoms with Gasteiger partial charge in [-0.1, -0.05) is 241 Å². The van der Waals surface area contributed by atoms with Crippen LogP contribution in [-0.4, -0.2) is 37.2 Å². The maximum atomic E-state index is 12.8. The van der Waals surface area contributed by atoms with Crippen molar-refractivity contribution in [1.82, 2.24) is 0 Å². The number of allylic oxidation sites excluding steroid dienone is 12. The van der Waals surface area contributed by atoms with Crippen LogP contribution in [0.3, 0.4) is 0 Å². The molecule has 0 fully saturated rings. The van der Waals surface area contributed by atoms with E-state index in [1.54, 1.807) is 0 Å². The van der Waals surface area contributed by atoms with Crippen molar-refractivity contribution in [3.05, 3.63) is 72.9 Å². The van der Waals surface area contributed by atoms with Crippen LogP contribution in [0.4, 0.5) is 0 Å². The molecule has 0 N–H and O–H groups in total. The molecular formula is C61H106O6. The van der Waals surface area contributed by atoms with Crippen LogP contribution >= 0.6 is 0 Å². The van der Waals surface area contributed by atoms with Crippen LogP contribution in [0.15, 0.2) is 72.9 Å². The average molecular weight is 936 g/mol. The molecule has 0 rings (SSSR count). The predicted molar refractivity (Wildman–Crippen MR) is 288 cm³/mol. The average Bonchev–Trinajstić information content (AvgIpc) is 3.33. The summed E-state index contributed by atoms with van der Waals surface area (Å²) in [5, 5.41) is 0. The van der Waals surface area contributed by atoms with Crippen molar-refractivity contribution < 1.29 is 28.6 Å². The summed E-state index contributed by atoms with van der Waals surface area (Å²) in [6.45, 7) is 6.47. The summed E-state index contributed by atoms with van der Waals surface area (Å²) >= 11 is 0. The maximum Gasteiger partial charge on any atom is 0.306 e. The van der Waals surface area contributed by atoms with Gasteiger partial charge in [-0.25, -0.2) is 0 Å². The third kappa shape index (κ3) is 53.7. The summed E-state index contributed by atoms with van der Waals surface area (Å²) in [5.41, 5.74) is 0. The lowest BCUT2D eigenvalue weighted by Crippen LogP contribution is -2.30. The Kier molecular flexibility index (Phi) is 52.8. The Morgan fingerprint density at radius 3 is 0.970 bits per heavy atom. The van der Waals surface area contributed by atoms with E-state index in [9.17, 15) is 14.4 Å². The summed E-state index contributed by atoms with van der Waals surface area (Å²) in [7, 11) is 0. The van der Waals surface area contributed by atoms with Crippen LogP contribution in [-0.2, 0) is 28.6 Å². The fraction of sp³-hybridized carbons (Fsp3) is 0.754. The molecule has 0 aromatic rings. The molecule has 67 heavy (non-hydrogen) atoms. The molecule has 6 heteroatoms. The molecule has 0 radical (unpaired) electrons. The van der Waals surface area contributed by atoms with E-state index in [0.717, 1.165) is 109 Å². The van der Waals surface area contributed by atoms with Crippen molar-refractivity contribution in [3.8, 4) is 0 Å². The van der Waals surface area contributed by atoms with Crippen molar-refractivity contribution in [2.45, 2.75) is 284 Å². The van der Waals surface area contributed by atoms with Gasteiger partial charge in [0.15, 0.2) is 6.10 Å². The van der Waals surface area contributed by atoms with E-state index in [0.29, 0.717) is 19.3 Å². The molecule has 0 bridgehead atoms. The molecule has 6 nitrogen and oxygen atoms in total. The van der Waals surface area contributed by atoms with Gasteiger partial charge in [-0.15, -0.1) is 0 Å². The first-order chi connectivity index (χ1) is 33.0. The highest BCUT2D eigenvalue weighted by Gasteiger charge is 2.19. The number of carbonyl (C=O) groups is 3. The Morgan fingerprint density at radius 1 is 0.313 bits per heavy atom. The lowest BCUT2D eigenvalue weighted by molar-refractivity contribution is -0.167. The quantitative estimate of drug-likeness (QED) is 0.0262. The van der Waals surface area contributed by atoms with Crippen LogP contribution in [0.25, 0.3) is 0 Å². The minimum absolute atomic E-state index is 0.0926. The Bertz CT molecular complexity index is 1260. The van der Waals surface area contributed by atoms with E-state index < -0.39 is 6.10 Å². The van der Waals surface area contributed by atoms with E-state index in [2.05, 4.69) is 93.7 Å². The summed E-state index contributed by atoms with van der Waals surface area (Å²) in [6.07, 6.45) is 70.4. The van der Waals surface area contributed by atoms with Gasteiger partial charge in [-0.05, 0) is 89.9 Å². The molecule has 1 atom stereocenters. The van der Waals surface area contributed by atoms with Gasteiger partial charge in [0, 0.05) is 19.3 Å². The summed E-state index contributed by atoms with van der Waals surface area (Å²) in [6, 6.07) is 0. The highest BCUT2D eigenvalue weighted by molar-refractivity contribution is 5.71. The van der Waals surface area contributed by atoms with Gasteiger partial charge in [0.05, 0.1) is 0 Å². The van der Waals surface area contributed by atoms with Crippen LogP contribution in [0.1, 0.15) is 278 Å². The number of carbonyl (C=O) groups excluding carboxylic acids is 3. The van der Waals surface area contributed by atoms with E-state index >= 15 is 0 Å².